The molecule has 0 saturated carbocycles. The van der Waals surface area contributed by atoms with Crippen molar-refractivity contribution in [2.45, 2.75) is 32.2 Å². The van der Waals surface area contributed by atoms with Crippen LogP contribution in [0.4, 0.5) is 4.79 Å². The number of rotatable bonds is 5. The summed E-state index contributed by atoms with van der Waals surface area (Å²) >= 11 is 0. The van der Waals surface area contributed by atoms with Crippen LogP contribution in [0, 0.1) is 0 Å². The van der Waals surface area contributed by atoms with Gasteiger partial charge < -0.3 is 20.5 Å². The first-order valence-electron chi connectivity index (χ1n) is 8.58. The number of para-hydroxylation sites is 1. The van der Waals surface area contributed by atoms with Crippen LogP contribution in [-0.4, -0.2) is 41.5 Å². The first-order valence-corrected chi connectivity index (χ1v) is 8.58. The van der Waals surface area contributed by atoms with Crippen molar-refractivity contribution < 1.29 is 9.59 Å². The largest absolute Gasteiger partial charge is 0.357 e. The minimum atomic E-state index is -0.212. The summed E-state index contributed by atoms with van der Waals surface area (Å²) in [6.07, 6.45) is 3.78. The second-order valence-corrected chi connectivity index (χ2v) is 6.18. The molecule has 3 rings (SSSR count). The maximum Gasteiger partial charge on any atom is 0.315 e. The van der Waals surface area contributed by atoms with Gasteiger partial charge in [-0.25, -0.2) is 4.79 Å². The van der Waals surface area contributed by atoms with Crippen molar-refractivity contribution in [3.63, 3.8) is 0 Å². The number of hydrogen-bond donors (Lipinski definition) is 3. The van der Waals surface area contributed by atoms with Gasteiger partial charge in [0.15, 0.2) is 0 Å². The van der Waals surface area contributed by atoms with Gasteiger partial charge in [0, 0.05) is 37.3 Å². The number of aromatic nitrogens is 1. The number of aromatic amines is 1. The molecule has 2 heterocycles. The normalized spacial score (nSPS) is 15.3. The zero-order valence-corrected chi connectivity index (χ0v) is 13.8. The van der Waals surface area contributed by atoms with Crippen molar-refractivity contribution in [3.05, 3.63) is 36.0 Å². The Hall–Kier alpha value is -2.50. The highest BCUT2D eigenvalue weighted by Crippen LogP contribution is 2.14. The highest BCUT2D eigenvalue weighted by atomic mass is 16.2. The molecule has 1 aliphatic rings. The Morgan fingerprint density at radius 3 is 2.92 bits per heavy atom. The van der Waals surface area contributed by atoms with Crippen molar-refractivity contribution in [2.75, 3.05) is 19.6 Å². The second-order valence-electron chi connectivity index (χ2n) is 6.18. The number of nitrogens with zero attached hydrogens (tertiary/aromatic N) is 1. The summed E-state index contributed by atoms with van der Waals surface area (Å²) in [5.41, 5.74) is 2.03. The van der Waals surface area contributed by atoms with Gasteiger partial charge in [-0.15, -0.1) is 0 Å². The van der Waals surface area contributed by atoms with E-state index in [1.807, 2.05) is 35.2 Å². The highest BCUT2D eigenvalue weighted by Gasteiger charge is 2.16. The van der Waals surface area contributed by atoms with Gasteiger partial charge in [0.2, 0.25) is 5.91 Å². The van der Waals surface area contributed by atoms with E-state index in [0.29, 0.717) is 26.1 Å². The Morgan fingerprint density at radius 2 is 2.04 bits per heavy atom. The monoisotopic (exact) mass is 328 g/mol. The molecule has 24 heavy (non-hydrogen) atoms. The minimum absolute atomic E-state index is 0.202. The zero-order valence-electron chi connectivity index (χ0n) is 13.8. The molecule has 0 atom stereocenters. The molecular formula is C18H24N4O2. The fraction of sp³-hybridized carbons (Fsp3) is 0.444. The van der Waals surface area contributed by atoms with Gasteiger partial charge >= 0.3 is 6.03 Å². The Bertz CT molecular complexity index is 677. The Labute approximate surface area is 141 Å². The predicted molar refractivity (Wildman–Crippen MR) is 93.6 cm³/mol. The molecule has 3 amide bonds. The van der Waals surface area contributed by atoms with Crippen LogP contribution >= 0.6 is 0 Å². The molecule has 1 aromatic carbocycles. The number of hydrogen-bond acceptors (Lipinski definition) is 2. The number of carbonyl (C=O) groups excluding carboxylic acids is 2. The number of carbonyl (C=O) groups is 2. The van der Waals surface area contributed by atoms with Crippen LogP contribution in [-0.2, 0) is 11.3 Å². The molecule has 3 N–H and O–H groups in total. The summed E-state index contributed by atoms with van der Waals surface area (Å²) in [5.74, 6) is 0.202. The summed E-state index contributed by atoms with van der Waals surface area (Å²) in [7, 11) is 0. The summed E-state index contributed by atoms with van der Waals surface area (Å²) in [6.45, 7) is 2.31. The van der Waals surface area contributed by atoms with E-state index in [1.54, 1.807) is 0 Å². The first-order chi connectivity index (χ1) is 11.7. The van der Waals surface area contributed by atoms with Gasteiger partial charge in [-0.3, -0.25) is 4.79 Å². The minimum Gasteiger partial charge on any atom is -0.357 e. The summed E-state index contributed by atoms with van der Waals surface area (Å²) in [6, 6.07) is 9.84. The van der Waals surface area contributed by atoms with E-state index in [1.165, 1.54) is 0 Å². The van der Waals surface area contributed by atoms with Gasteiger partial charge in [-0.2, -0.15) is 0 Å². The van der Waals surface area contributed by atoms with Crippen LogP contribution in [0.25, 0.3) is 10.9 Å². The fourth-order valence-corrected chi connectivity index (χ4v) is 3.05. The van der Waals surface area contributed by atoms with E-state index < -0.39 is 0 Å². The second kappa shape index (κ2) is 7.86. The molecule has 0 radical (unpaired) electrons. The maximum absolute atomic E-state index is 11.9. The van der Waals surface area contributed by atoms with Crippen molar-refractivity contribution in [1.82, 2.24) is 20.5 Å². The number of benzene rings is 1. The molecular weight excluding hydrogens is 304 g/mol. The van der Waals surface area contributed by atoms with Crippen LogP contribution in [0.1, 0.15) is 31.4 Å². The summed E-state index contributed by atoms with van der Waals surface area (Å²) < 4.78 is 0. The molecule has 0 aliphatic carbocycles. The smallest absolute Gasteiger partial charge is 0.315 e. The molecule has 6 nitrogen and oxygen atoms in total. The average molecular weight is 328 g/mol. The quantitative estimate of drug-likeness (QED) is 0.788. The van der Waals surface area contributed by atoms with Crippen LogP contribution in [0.15, 0.2) is 30.3 Å². The third kappa shape index (κ3) is 4.28. The third-order valence-corrected chi connectivity index (χ3v) is 4.36. The van der Waals surface area contributed by atoms with Gasteiger partial charge in [-0.1, -0.05) is 24.6 Å². The maximum atomic E-state index is 11.9. The molecule has 2 aromatic rings. The molecule has 1 aromatic heterocycles. The molecule has 1 aliphatic heterocycles. The Kier molecular flexibility index (Phi) is 5.36. The van der Waals surface area contributed by atoms with Gasteiger partial charge in [-0.05, 0) is 30.4 Å². The number of H-pyrrole nitrogens is 1. The van der Waals surface area contributed by atoms with Crippen molar-refractivity contribution in [3.8, 4) is 0 Å². The third-order valence-electron chi connectivity index (χ3n) is 4.36. The van der Waals surface area contributed by atoms with E-state index in [0.717, 1.165) is 42.4 Å². The number of fused-ring (bicyclic) bond motifs is 1. The van der Waals surface area contributed by atoms with Gasteiger partial charge in [0.1, 0.15) is 0 Å². The Morgan fingerprint density at radius 1 is 1.17 bits per heavy atom. The standard InChI is InChI=1S/C18H24N4O2/c23-17-8-2-1-5-10-22(17)11-9-19-18(24)20-13-15-12-14-6-3-4-7-16(14)21-15/h3-4,6-7,12,21H,1-2,5,8-11,13H2,(H2,19,20,24). The van der Waals surface area contributed by atoms with E-state index in [-0.39, 0.29) is 11.9 Å². The van der Waals surface area contributed by atoms with E-state index in [2.05, 4.69) is 15.6 Å². The zero-order chi connectivity index (χ0) is 16.8. The lowest BCUT2D eigenvalue weighted by atomic mass is 10.2. The van der Waals surface area contributed by atoms with Crippen LogP contribution < -0.4 is 10.6 Å². The molecule has 1 fully saturated rings. The molecule has 1 saturated heterocycles. The Balaban J connectivity index is 1.40. The van der Waals surface area contributed by atoms with E-state index >= 15 is 0 Å². The first kappa shape index (κ1) is 16.4. The van der Waals surface area contributed by atoms with Gasteiger partial charge in [0.05, 0.1) is 6.54 Å². The van der Waals surface area contributed by atoms with Crippen molar-refractivity contribution >= 4 is 22.8 Å². The lowest BCUT2D eigenvalue weighted by Crippen LogP contribution is -2.41. The topological polar surface area (TPSA) is 77.2 Å². The van der Waals surface area contributed by atoms with Crippen molar-refractivity contribution in [2.24, 2.45) is 0 Å². The highest BCUT2D eigenvalue weighted by molar-refractivity contribution is 5.80. The van der Waals surface area contributed by atoms with Gasteiger partial charge in [0.25, 0.3) is 0 Å². The number of nitrogens with one attached hydrogen (secondary N) is 3. The van der Waals surface area contributed by atoms with Crippen LogP contribution in [0.2, 0.25) is 0 Å². The SMILES string of the molecule is O=C(NCCN1CCCCCC1=O)NCc1cc2ccccc2[nH]1. The van der Waals surface area contributed by atoms with Crippen LogP contribution in [0.5, 0.6) is 0 Å². The molecule has 128 valence electrons. The summed E-state index contributed by atoms with van der Waals surface area (Å²) in [5, 5.41) is 6.79. The predicted octanol–water partition coefficient (Wildman–Crippen LogP) is 2.37. The van der Waals surface area contributed by atoms with Crippen molar-refractivity contribution in [1.29, 1.82) is 0 Å². The number of amides is 3. The fourth-order valence-electron chi connectivity index (χ4n) is 3.05. The molecule has 6 heteroatoms. The molecule has 0 spiro atoms. The number of urea groups is 1. The van der Waals surface area contributed by atoms with E-state index in [4.69, 9.17) is 0 Å². The lowest BCUT2D eigenvalue weighted by molar-refractivity contribution is -0.130. The average Bonchev–Trinajstić information content (AvgIpc) is 2.90. The van der Waals surface area contributed by atoms with Crippen LogP contribution in [0.3, 0.4) is 0 Å². The lowest BCUT2D eigenvalue weighted by Gasteiger charge is -2.20. The van der Waals surface area contributed by atoms with E-state index in [9.17, 15) is 9.59 Å². The number of likely N-dealkylation sites (tertiary alicyclic amines) is 1. The molecule has 0 unspecified atom stereocenters. The molecule has 0 bridgehead atoms. The summed E-state index contributed by atoms with van der Waals surface area (Å²) in [4.78, 5) is 28.9.